The van der Waals surface area contributed by atoms with E-state index in [-0.39, 0.29) is 0 Å². The highest BCUT2D eigenvalue weighted by Gasteiger charge is 2.32. The fraction of sp³-hybridized carbons (Fsp3) is 0.0370. The van der Waals surface area contributed by atoms with Gasteiger partial charge in [0.1, 0.15) is 0 Å². The molecule has 0 bridgehead atoms. The smallest absolute Gasteiger partial charge is 0.310 e. The van der Waals surface area contributed by atoms with Crippen molar-refractivity contribution in [1.29, 1.82) is 0 Å². The monoisotopic (exact) mass is 822 g/mol. The number of hydrogen-bond donors (Lipinski definition) is 0. The van der Waals surface area contributed by atoms with E-state index < -0.39 is 11.7 Å². The van der Waals surface area contributed by atoms with Crippen LogP contribution in [-0.4, -0.2) is 24.1 Å². The van der Waals surface area contributed by atoms with E-state index in [1.165, 1.54) is 12.1 Å². The highest BCUT2D eigenvalue weighted by Crippen LogP contribution is 2.46. The molecule has 0 atom stereocenters. The molecule has 0 fully saturated rings. The third-order valence-corrected chi connectivity index (χ3v) is 11.7. The Hall–Kier alpha value is -8.35. The summed E-state index contributed by atoms with van der Waals surface area (Å²) in [4.78, 5) is 19.2. The fourth-order valence-corrected chi connectivity index (χ4v) is 8.85. The molecule has 0 aliphatic rings. The number of para-hydroxylation sites is 2. The lowest BCUT2D eigenvalue weighted by molar-refractivity contribution is -0.137. The zero-order valence-corrected chi connectivity index (χ0v) is 33.6. The van der Waals surface area contributed by atoms with Crippen molar-refractivity contribution in [3.63, 3.8) is 0 Å². The van der Waals surface area contributed by atoms with Gasteiger partial charge in [0.25, 0.3) is 0 Å². The van der Waals surface area contributed by atoms with Crippen LogP contribution in [0.15, 0.2) is 182 Å². The average molecular weight is 823 g/mol. The van der Waals surface area contributed by atoms with E-state index in [9.17, 15) is 13.2 Å². The predicted octanol–water partition coefficient (Wildman–Crippen LogP) is 14.6. The molecule has 0 aliphatic heterocycles. The quantitative estimate of drug-likeness (QED) is 0.157. The molecule has 6 nitrogen and oxygen atoms in total. The van der Waals surface area contributed by atoms with Crippen molar-refractivity contribution in [2.24, 2.45) is 0 Å². The molecule has 3 aromatic heterocycles. The molecule has 0 saturated carbocycles. The SMILES string of the molecule is [C-]#[N+]c1cccc(-n2c3ccccc3c3cc(C(F)(F)F)ccc32)c1-c1cc(-c2nc(-c3ccccc3)nc(-c3ccccc3)n2)ccc1-n1c2ccccc2c2cc(C)ccc21. The Morgan fingerprint density at radius 3 is 1.59 bits per heavy atom. The number of fused-ring (bicyclic) bond motifs is 6. The molecule has 11 rings (SSSR count). The van der Waals surface area contributed by atoms with Crippen LogP contribution in [0.25, 0.3) is 105 Å². The average Bonchev–Trinajstić information content (AvgIpc) is 3.83. The first kappa shape index (κ1) is 37.6. The van der Waals surface area contributed by atoms with E-state index in [0.717, 1.165) is 50.2 Å². The number of benzene rings is 8. The number of rotatable bonds is 6. The number of halogens is 3. The molecule has 300 valence electrons. The maximum absolute atomic E-state index is 14.2. The summed E-state index contributed by atoms with van der Waals surface area (Å²) >= 11 is 0. The Bertz CT molecular complexity index is 3580. The lowest BCUT2D eigenvalue weighted by Crippen LogP contribution is -2.05. The minimum absolute atomic E-state index is 0.367. The number of hydrogen-bond acceptors (Lipinski definition) is 3. The van der Waals surface area contributed by atoms with Gasteiger partial charge >= 0.3 is 6.18 Å². The van der Waals surface area contributed by atoms with Crippen LogP contribution in [0.3, 0.4) is 0 Å². The fourth-order valence-electron chi connectivity index (χ4n) is 8.85. The molecule has 0 radical (unpaired) electrons. The summed E-state index contributed by atoms with van der Waals surface area (Å²) < 4.78 is 46.9. The maximum Gasteiger partial charge on any atom is 0.416 e. The van der Waals surface area contributed by atoms with Crippen molar-refractivity contribution in [1.82, 2.24) is 24.1 Å². The predicted molar refractivity (Wildman–Crippen MR) is 246 cm³/mol. The van der Waals surface area contributed by atoms with E-state index in [1.807, 2.05) is 126 Å². The van der Waals surface area contributed by atoms with Crippen LogP contribution in [0.2, 0.25) is 0 Å². The van der Waals surface area contributed by atoms with Crippen LogP contribution in [-0.2, 0) is 6.18 Å². The third kappa shape index (κ3) is 6.31. The topological polar surface area (TPSA) is 52.9 Å². The summed E-state index contributed by atoms with van der Waals surface area (Å²) in [7, 11) is 0. The minimum Gasteiger partial charge on any atom is -0.310 e. The van der Waals surface area contributed by atoms with Gasteiger partial charge in [-0.1, -0.05) is 121 Å². The van der Waals surface area contributed by atoms with E-state index in [2.05, 4.69) is 52.7 Å². The molecule has 0 unspecified atom stereocenters. The van der Waals surface area contributed by atoms with Crippen molar-refractivity contribution in [3.05, 3.63) is 205 Å². The first-order valence-electron chi connectivity index (χ1n) is 20.4. The summed E-state index contributed by atoms with van der Waals surface area (Å²) in [6, 6.07) is 57.2. The summed E-state index contributed by atoms with van der Waals surface area (Å²) in [5.74, 6) is 1.45. The standard InChI is InChI=1S/C54H33F3N6/c1-33-24-27-46-40(30-33)38-18-9-11-21-44(38)62(46)48-28-25-36(53-60-51(34-14-5-3-6-15-34)59-52(61-53)35-16-7-4-8-17-35)31-42(48)50-43(58-2)20-13-23-49(50)63-45-22-12-10-19-39(45)41-32-37(54(55,56)57)26-29-47(41)63/h3-32H,1H3. The molecule has 3 heterocycles. The molecular weight excluding hydrogens is 790 g/mol. The van der Waals surface area contributed by atoms with Crippen molar-refractivity contribution >= 4 is 49.3 Å². The van der Waals surface area contributed by atoms with Gasteiger partial charge in [0, 0.05) is 49.5 Å². The van der Waals surface area contributed by atoms with Gasteiger partial charge in [0.05, 0.1) is 39.9 Å². The molecule has 9 heteroatoms. The highest BCUT2D eigenvalue weighted by molar-refractivity contribution is 6.12. The van der Waals surface area contributed by atoms with Crippen molar-refractivity contribution in [2.45, 2.75) is 13.1 Å². The van der Waals surface area contributed by atoms with Gasteiger partial charge in [-0.15, -0.1) is 0 Å². The van der Waals surface area contributed by atoms with Gasteiger partial charge in [0.2, 0.25) is 0 Å². The second kappa shape index (κ2) is 14.7. The zero-order valence-electron chi connectivity index (χ0n) is 33.6. The Labute approximate surface area is 359 Å². The largest absolute Gasteiger partial charge is 0.416 e. The van der Waals surface area contributed by atoms with Crippen LogP contribution in [0.1, 0.15) is 11.1 Å². The second-order valence-corrected chi connectivity index (χ2v) is 15.5. The molecule has 8 aromatic carbocycles. The lowest BCUT2D eigenvalue weighted by Gasteiger charge is -2.21. The van der Waals surface area contributed by atoms with Gasteiger partial charge < -0.3 is 9.13 Å². The molecule has 0 amide bonds. The normalized spacial score (nSPS) is 11.8. The third-order valence-electron chi connectivity index (χ3n) is 11.7. The van der Waals surface area contributed by atoms with Gasteiger partial charge in [0.15, 0.2) is 23.2 Å². The Balaban J connectivity index is 1.25. The molecular formula is C54H33F3N6. The first-order valence-corrected chi connectivity index (χ1v) is 20.4. The van der Waals surface area contributed by atoms with E-state index in [0.29, 0.717) is 67.3 Å². The maximum atomic E-state index is 14.2. The van der Waals surface area contributed by atoms with Gasteiger partial charge in [-0.2, -0.15) is 13.2 Å². The minimum atomic E-state index is -4.53. The van der Waals surface area contributed by atoms with Crippen molar-refractivity contribution in [2.75, 3.05) is 0 Å². The van der Waals surface area contributed by atoms with Crippen LogP contribution < -0.4 is 0 Å². The number of alkyl halides is 3. The number of nitrogens with zero attached hydrogens (tertiary/aromatic N) is 6. The lowest BCUT2D eigenvalue weighted by atomic mass is 9.96. The summed E-state index contributed by atoms with van der Waals surface area (Å²) in [6.07, 6.45) is -4.53. The number of aromatic nitrogens is 5. The van der Waals surface area contributed by atoms with E-state index in [4.69, 9.17) is 21.5 Å². The van der Waals surface area contributed by atoms with Gasteiger partial charge in [-0.3, -0.25) is 0 Å². The summed E-state index contributed by atoms with van der Waals surface area (Å²) in [5.41, 5.74) is 9.09. The molecule has 0 aliphatic carbocycles. The van der Waals surface area contributed by atoms with Gasteiger partial charge in [-0.25, -0.2) is 19.8 Å². The molecule has 0 spiro atoms. The zero-order chi connectivity index (χ0) is 42.8. The second-order valence-electron chi connectivity index (χ2n) is 15.5. The Morgan fingerprint density at radius 2 is 0.984 bits per heavy atom. The highest BCUT2D eigenvalue weighted by atomic mass is 19.4. The van der Waals surface area contributed by atoms with Gasteiger partial charge in [-0.05, 0) is 79.2 Å². The molecule has 0 N–H and O–H groups in total. The number of aryl methyl sites for hydroxylation is 1. The van der Waals surface area contributed by atoms with E-state index >= 15 is 0 Å². The van der Waals surface area contributed by atoms with Crippen molar-refractivity contribution in [3.8, 4) is 56.7 Å². The van der Waals surface area contributed by atoms with Crippen LogP contribution in [0, 0.1) is 13.5 Å². The molecule has 63 heavy (non-hydrogen) atoms. The molecule has 0 saturated heterocycles. The first-order chi connectivity index (χ1) is 30.7. The Kier molecular flexibility index (Phi) is 8.77. The molecule has 11 aromatic rings. The van der Waals surface area contributed by atoms with Crippen LogP contribution in [0.5, 0.6) is 0 Å². The van der Waals surface area contributed by atoms with Crippen molar-refractivity contribution < 1.29 is 13.2 Å². The summed E-state index contributed by atoms with van der Waals surface area (Å²) in [6.45, 7) is 10.7. The van der Waals surface area contributed by atoms with Crippen LogP contribution >= 0.6 is 0 Å². The summed E-state index contributed by atoms with van der Waals surface area (Å²) in [5, 5.41) is 3.28. The van der Waals surface area contributed by atoms with Crippen LogP contribution in [0.4, 0.5) is 18.9 Å². The van der Waals surface area contributed by atoms with E-state index in [1.54, 1.807) is 6.07 Å². The Morgan fingerprint density at radius 1 is 0.460 bits per heavy atom.